The molecule has 23 heavy (non-hydrogen) atoms. The molecule has 122 valence electrons. The van der Waals surface area contributed by atoms with Crippen LogP contribution in [0.5, 0.6) is 0 Å². The number of nitrogens with one attached hydrogen (secondary N) is 2. The molecule has 0 bridgehead atoms. The Morgan fingerprint density at radius 2 is 1.65 bits per heavy atom. The molecule has 0 unspecified atom stereocenters. The van der Waals surface area contributed by atoms with Crippen LogP contribution in [0.25, 0.3) is 11.1 Å². The van der Waals surface area contributed by atoms with E-state index in [0.717, 1.165) is 17.4 Å². The summed E-state index contributed by atoms with van der Waals surface area (Å²) in [6.45, 7) is 3.90. The fourth-order valence-corrected chi connectivity index (χ4v) is 2.65. The molecular formula is C17H20N2O3S. The van der Waals surface area contributed by atoms with Gasteiger partial charge in [-0.05, 0) is 37.1 Å². The van der Waals surface area contributed by atoms with E-state index in [0.29, 0.717) is 11.3 Å². The average molecular weight is 332 g/mol. The lowest BCUT2D eigenvalue weighted by Gasteiger charge is -2.16. The molecule has 1 amide bonds. The van der Waals surface area contributed by atoms with Crippen LogP contribution in [0.4, 0.5) is 5.69 Å². The van der Waals surface area contributed by atoms with Gasteiger partial charge in [0.05, 0.1) is 11.8 Å². The van der Waals surface area contributed by atoms with E-state index in [1.807, 2.05) is 55.0 Å². The molecule has 6 heteroatoms. The Bertz CT molecular complexity index is 800. The first-order valence-electron chi connectivity index (χ1n) is 7.24. The van der Waals surface area contributed by atoms with Crippen molar-refractivity contribution in [3.05, 3.63) is 54.1 Å². The maximum absolute atomic E-state index is 12.2. The Hall–Kier alpha value is -2.34. The molecule has 0 saturated heterocycles. The van der Waals surface area contributed by atoms with Crippen molar-refractivity contribution in [3.63, 3.8) is 0 Å². The molecule has 2 aromatic carbocycles. The lowest BCUT2D eigenvalue weighted by molar-refractivity contribution is 0.0982. The second kappa shape index (κ2) is 6.83. The highest BCUT2D eigenvalue weighted by atomic mass is 32.2. The summed E-state index contributed by atoms with van der Waals surface area (Å²) in [5.41, 5.74) is 2.87. The Morgan fingerprint density at radius 3 is 2.22 bits per heavy atom. The summed E-state index contributed by atoms with van der Waals surface area (Å²) in [5, 5.41) is 3.19. The van der Waals surface area contributed by atoms with Crippen molar-refractivity contribution in [1.82, 2.24) is 4.72 Å². The summed E-state index contributed by atoms with van der Waals surface area (Å²) in [7, 11) is -3.61. The highest BCUT2D eigenvalue weighted by Crippen LogP contribution is 2.26. The van der Waals surface area contributed by atoms with E-state index < -0.39 is 15.9 Å². The second-order valence-electron chi connectivity index (χ2n) is 5.63. The number of rotatable bonds is 5. The normalized spacial score (nSPS) is 11.3. The lowest BCUT2D eigenvalue weighted by atomic mass is 10.0. The summed E-state index contributed by atoms with van der Waals surface area (Å²) in [6, 6.07) is 15.2. The number of amides is 1. The van der Waals surface area contributed by atoms with Gasteiger partial charge in [0.2, 0.25) is 10.0 Å². The van der Waals surface area contributed by atoms with E-state index in [-0.39, 0.29) is 6.04 Å². The van der Waals surface area contributed by atoms with E-state index in [1.165, 1.54) is 0 Å². The van der Waals surface area contributed by atoms with Crippen LogP contribution in [-0.4, -0.2) is 26.6 Å². The maximum atomic E-state index is 12.2. The van der Waals surface area contributed by atoms with Gasteiger partial charge < -0.3 is 5.32 Å². The predicted octanol–water partition coefficient (Wildman–Crippen LogP) is 2.86. The standard InChI is InChI=1S/C17H20N2O3S/c1-12(2)18-16-11-14(13-7-5-4-6-8-13)9-10-15(16)17(20)19-23(3,21)22/h4-12,18H,1-3H3,(H,19,20). The van der Waals surface area contributed by atoms with Crippen LogP contribution >= 0.6 is 0 Å². The van der Waals surface area contributed by atoms with Crippen molar-refractivity contribution in [3.8, 4) is 11.1 Å². The van der Waals surface area contributed by atoms with Crippen LogP contribution in [0.3, 0.4) is 0 Å². The zero-order valence-electron chi connectivity index (χ0n) is 13.3. The van der Waals surface area contributed by atoms with Crippen LogP contribution in [0, 0.1) is 0 Å². The Kier molecular flexibility index (Phi) is 5.05. The van der Waals surface area contributed by atoms with Crippen molar-refractivity contribution in [2.75, 3.05) is 11.6 Å². The smallest absolute Gasteiger partial charge is 0.266 e. The number of sulfonamides is 1. The van der Waals surface area contributed by atoms with Crippen LogP contribution < -0.4 is 10.0 Å². The van der Waals surface area contributed by atoms with E-state index in [9.17, 15) is 13.2 Å². The first-order valence-corrected chi connectivity index (χ1v) is 9.13. The van der Waals surface area contributed by atoms with Gasteiger partial charge in [-0.1, -0.05) is 36.4 Å². The fourth-order valence-electron chi connectivity index (χ4n) is 2.21. The molecule has 2 rings (SSSR count). The van der Waals surface area contributed by atoms with E-state index in [2.05, 4.69) is 5.32 Å². The average Bonchev–Trinajstić information content (AvgIpc) is 2.45. The molecule has 5 nitrogen and oxygen atoms in total. The van der Waals surface area contributed by atoms with Gasteiger partial charge in [0.25, 0.3) is 5.91 Å². The number of anilines is 1. The molecule has 0 spiro atoms. The van der Waals surface area contributed by atoms with Crippen LogP contribution in [0.1, 0.15) is 24.2 Å². The van der Waals surface area contributed by atoms with Gasteiger partial charge in [-0.25, -0.2) is 13.1 Å². The van der Waals surface area contributed by atoms with Crippen LogP contribution in [-0.2, 0) is 10.0 Å². The molecule has 0 heterocycles. The van der Waals surface area contributed by atoms with Crippen LogP contribution in [0.2, 0.25) is 0 Å². The third-order valence-corrected chi connectivity index (χ3v) is 3.65. The Balaban J connectivity index is 2.45. The van der Waals surface area contributed by atoms with E-state index >= 15 is 0 Å². The predicted molar refractivity (Wildman–Crippen MR) is 92.9 cm³/mol. The molecule has 2 aromatic rings. The maximum Gasteiger partial charge on any atom is 0.266 e. The topological polar surface area (TPSA) is 75.3 Å². The first-order chi connectivity index (χ1) is 10.8. The second-order valence-corrected chi connectivity index (χ2v) is 7.38. The van der Waals surface area contributed by atoms with E-state index in [1.54, 1.807) is 12.1 Å². The third-order valence-electron chi connectivity index (χ3n) is 3.09. The quantitative estimate of drug-likeness (QED) is 0.883. The summed E-state index contributed by atoms with van der Waals surface area (Å²) < 4.78 is 24.6. The highest BCUT2D eigenvalue weighted by molar-refractivity contribution is 7.89. The van der Waals surface area contributed by atoms with Gasteiger partial charge in [0, 0.05) is 11.7 Å². The molecule has 0 saturated carbocycles. The van der Waals surface area contributed by atoms with Gasteiger partial charge >= 0.3 is 0 Å². The van der Waals surface area contributed by atoms with Gasteiger partial charge in [-0.3, -0.25) is 4.79 Å². The summed E-state index contributed by atoms with van der Waals surface area (Å²) in [4.78, 5) is 12.2. The van der Waals surface area contributed by atoms with Gasteiger partial charge in [0.15, 0.2) is 0 Å². The summed E-state index contributed by atoms with van der Waals surface area (Å²) in [6.07, 6.45) is 0.957. The molecule has 0 fully saturated rings. The van der Waals surface area contributed by atoms with Gasteiger partial charge in [0.1, 0.15) is 0 Å². The highest BCUT2D eigenvalue weighted by Gasteiger charge is 2.16. The molecule has 0 aliphatic rings. The largest absolute Gasteiger partial charge is 0.382 e. The molecule has 0 radical (unpaired) electrons. The zero-order chi connectivity index (χ0) is 17.0. The monoisotopic (exact) mass is 332 g/mol. The zero-order valence-corrected chi connectivity index (χ0v) is 14.1. The molecular weight excluding hydrogens is 312 g/mol. The van der Waals surface area contributed by atoms with Crippen molar-refractivity contribution in [2.45, 2.75) is 19.9 Å². The first kappa shape index (κ1) is 17.0. The molecule has 0 aromatic heterocycles. The Labute approximate surface area is 136 Å². The molecule has 2 N–H and O–H groups in total. The Morgan fingerprint density at radius 1 is 1.00 bits per heavy atom. The molecule has 0 atom stereocenters. The van der Waals surface area contributed by atoms with Gasteiger partial charge in [-0.2, -0.15) is 0 Å². The lowest BCUT2D eigenvalue weighted by Crippen LogP contribution is -2.30. The minimum absolute atomic E-state index is 0.103. The number of hydrogen-bond donors (Lipinski definition) is 2. The number of carbonyl (C=O) groups excluding carboxylic acids is 1. The number of hydrogen-bond acceptors (Lipinski definition) is 4. The minimum Gasteiger partial charge on any atom is -0.382 e. The minimum atomic E-state index is -3.61. The third kappa shape index (κ3) is 4.82. The van der Waals surface area contributed by atoms with E-state index in [4.69, 9.17) is 0 Å². The van der Waals surface area contributed by atoms with Crippen molar-refractivity contribution >= 4 is 21.6 Å². The van der Waals surface area contributed by atoms with Gasteiger partial charge in [-0.15, -0.1) is 0 Å². The van der Waals surface area contributed by atoms with Crippen molar-refractivity contribution in [1.29, 1.82) is 0 Å². The number of benzene rings is 2. The van der Waals surface area contributed by atoms with Crippen molar-refractivity contribution < 1.29 is 13.2 Å². The van der Waals surface area contributed by atoms with Crippen LogP contribution in [0.15, 0.2) is 48.5 Å². The number of carbonyl (C=O) groups is 1. The molecule has 0 aliphatic heterocycles. The SMILES string of the molecule is CC(C)Nc1cc(-c2ccccc2)ccc1C(=O)NS(C)(=O)=O. The summed E-state index contributed by atoms with van der Waals surface area (Å²) >= 11 is 0. The summed E-state index contributed by atoms with van der Waals surface area (Å²) in [5.74, 6) is -0.643. The van der Waals surface area contributed by atoms with Crippen molar-refractivity contribution in [2.24, 2.45) is 0 Å². The molecule has 0 aliphatic carbocycles. The fraction of sp³-hybridized carbons (Fsp3) is 0.235.